The maximum Gasteiger partial charge on any atom is 0.208 e. The molecule has 1 saturated heterocycles. The molecule has 2 aliphatic rings. The third-order valence-corrected chi connectivity index (χ3v) is 4.58. The zero-order chi connectivity index (χ0) is 13.7. The second-order valence-electron chi connectivity index (χ2n) is 6.03. The number of nitrogens with zero attached hydrogens (tertiary/aromatic N) is 3. The number of aliphatic imine (C=N–C) groups is 1. The summed E-state index contributed by atoms with van der Waals surface area (Å²) in [6.45, 7) is 2.33. The van der Waals surface area contributed by atoms with E-state index < -0.39 is 0 Å². The minimum Gasteiger partial charge on any atom is -0.342 e. The van der Waals surface area contributed by atoms with E-state index in [1.165, 1.54) is 44.9 Å². The third-order valence-electron chi connectivity index (χ3n) is 4.58. The average Bonchev–Trinajstić information content (AvgIpc) is 2.46. The van der Waals surface area contributed by atoms with Crippen LogP contribution in [-0.4, -0.2) is 55.0 Å². The van der Waals surface area contributed by atoms with Gasteiger partial charge in [-0.25, -0.2) is 10.8 Å². The largest absolute Gasteiger partial charge is 0.342 e. The lowest BCUT2D eigenvalue weighted by Crippen LogP contribution is -2.51. The minimum absolute atomic E-state index is 0.466. The van der Waals surface area contributed by atoms with Crippen LogP contribution in [-0.2, 0) is 0 Å². The summed E-state index contributed by atoms with van der Waals surface area (Å²) < 4.78 is 0. The van der Waals surface area contributed by atoms with Crippen LogP contribution in [0, 0.1) is 0 Å². The fraction of sp³-hybridized carbons (Fsp3) is 0.929. The van der Waals surface area contributed by atoms with Gasteiger partial charge in [0.05, 0.1) is 6.04 Å². The molecule has 0 radical (unpaired) electrons. The highest BCUT2D eigenvalue weighted by Crippen LogP contribution is 2.21. The van der Waals surface area contributed by atoms with Crippen molar-refractivity contribution >= 4 is 5.96 Å². The Balaban J connectivity index is 1.93. The molecule has 0 aromatic rings. The molecule has 0 aromatic heterocycles. The summed E-state index contributed by atoms with van der Waals surface area (Å²) in [5.74, 6) is 6.57. The standard InChI is InChI=1S/C14H29N5/c1-18-10-8-13(9-11-18)19(2)14(17-15)16-12-6-4-3-5-7-12/h12-13H,3-11,15H2,1-2H3,(H,16,17). The molecule has 0 atom stereocenters. The number of guanidine groups is 1. The first-order chi connectivity index (χ1) is 9.20. The Kier molecular flexibility index (Phi) is 5.45. The summed E-state index contributed by atoms with van der Waals surface area (Å²) in [7, 11) is 4.31. The number of likely N-dealkylation sites (tertiary alicyclic amines) is 1. The Morgan fingerprint density at radius 1 is 1.16 bits per heavy atom. The topological polar surface area (TPSA) is 56.9 Å². The zero-order valence-electron chi connectivity index (χ0n) is 12.4. The summed E-state index contributed by atoms with van der Waals surface area (Å²) in [5, 5.41) is 0. The van der Waals surface area contributed by atoms with Crippen molar-refractivity contribution < 1.29 is 0 Å². The van der Waals surface area contributed by atoms with E-state index in [-0.39, 0.29) is 0 Å². The maximum atomic E-state index is 5.69. The second-order valence-corrected chi connectivity index (χ2v) is 6.03. The predicted octanol–water partition coefficient (Wildman–Crippen LogP) is 1.16. The Morgan fingerprint density at radius 2 is 1.79 bits per heavy atom. The van der Waals surface area contributed by atoms with Crippen molar-refractivity contribution in [3.63, 3.8) is 0 Å². The molecule has 5 heteroatoms. The highest BCUT2D eigenvalue weighted by Gasteiger charge is 2.23. The molecule has 2 rings (SSSR count). The van der Waals surface area contributed by atoms with Gasteiger partial charge in [0.1, 0.15) is 0 Å². The van der Waals surface area contributed by atoms with E-state index in [2.05, 4.69) is 29.3 Å². The van der Waals surface area contributed by atoms with Crippen LogP contribution in [0.5, 0.6) is 0 Å². The van der Waals surface area contributed by atoms with Crippen molar-refractivity contribution in [2.45, 2.75) is 57.0 Å². The van der Waals surface area contributed by atoms with Gasteiger partial charge < -0.3 is 9.80 Å². The number of hydrogen-bond acceptors (Lipinski definition) is 3. The van der Waals surface area contributed by atoms with E-state index in [0.717, 1.165) is 19.0 Å². The van der Waals surface area contributed by atoms with Crippen LogP contribution in [0.3, 0.4) is 0 Å². The van der Waals surface area contributed by atoms with Gasteiger partial charge >= 0.3 is 0 Å². The lowest BCUT2D eigenvalue weighted by molar-refractivity contribution is 0.189. The molecule has 1 aliphatic carbocycles. The molecule has 0 aromatic carbocycles. The van der Waals surface area contributed by atoms with Crippen LogP contribution in [0.4, 0.5) is 0 Å². The monoisotopic (exact) mass is 267 g/mol. The van der Waals surface area contributed by atoms with Gasteiger partial charge in [-0.3, -0.25) is 5.43 Å². The van der Waals surface area contributed by atoms with E-state index >= 15 is 0 Å². The summed E-state index contributed by atoms with van der Waals surface area (Å²) >= 11 is 0. The van der Waals surface area contributed by atoms with E-state index in [0.29, 0.717) is 12.1 Å². The summed E-state index contributed by atoms with van der Waals surface area (Å²) in [6.07, 6.45) is 8.80. The lowest BCUT2D eigenvalue weighted by atomic mass is 9.96. The third kappa shape index (κ3) is 4.08. The molecular weight excluding hydrogens is 238 g/mol. The van der Waals surface area contributed by atoms with Gasteiger partial charge in [-0.05, 0) is 45.8 Å². The maximum absolute atomic E-state index is 5.69. The van der Waals surface area contributed by atoms with Crippen LogP contribution in [0.15, 0.2) is 4.99 Å². The number of rotatable bonds is 2. The van der Waals surface area contributed by atoms with E-state index in [1.54, 1.807) is 0 Å². The van der Waals surface area contributed by atoms with Crippen molar-refractivity contribution in [2.75, 3.05) is 27.2 Å². The molecule has 3 N–H and O–H groups in total. The zero-order valence-corrected chi connectivity index (χ0v) is 12.4. The van der Waals surface area contributed by atoms with Gasteiger partial charge in [0.25, 0.3) is 0 Å². The molecular formula is C14H29N5. The van der Waals surface area contributed by atoms with E-state index in [9.17, 15) is 0 Å². The second kappa shape index (κ2) is 7.10. The van der Waals surface area contributed by atoms with Crippen LogP contribution in [0.2, 0.25) is 0 Å². The van der Waals surface area contributed by atoms with Crippen LogP contribution in [0.25, 0.3) is 0 Å². The molecule has 5 nitrogen and oxygen atoms in total. The Labute approximate surface area is 117 Å². The number of hydrogen-bond donors (Lipinski definition) is 2. The number of hydrazine groups is 1. The molecule has 0 spiro atoms. The van der Waals surface area contributed by atoms with Crippen molar-refractivity contribution in [3.05, 3.63) is 0 Å². The number of nitrogens with one attached hydrogen (secondary N) is 1. The fourth-order valence-electron chi connectivity index (χ4n) is 3.17. The smallest absolute Gasteiger partial charge is 0.208 e. The summed E-state index contributed by atoms with van der Waals surface area (Å²) in [6, 6.07) is 1.03. The average molecular weight is 267 g/mol. The SMILES string of the molecule is CN1CCC(N(C)C(=NC2CCCCC2)NN)CC1. The molecule has 0 bridgehead atoms. The van der Waals surface area contributed by atoms with Crippen LogP contribution < -0.4 is 11.3 Å². The van der Waals surface area contributed by atoms with Gasteiger partial charge in [-0.15, -0.1) is 0 Å². The fourth-order valence-corrected chi connectivity index (χ4v) is 3.17. The Morgan fingerprint density at radius 3 is 2.37 bits per heavy atom. The van der Waals surface area contributed by atoms with E-state index in [1.807, 2.05) is 0 Å². The van der Waals surface area contributed by atoms with Gasteiger partial charge in [-0.2, -0.15) is 0 Å². The molecule has 110 valence electrons. The molecule has 1 heterocycles. The highest BCUT2D eigenvalue weighted by atomic mass is 15.4. The van der Waals surface area contributed by atoms with Crippen molar-refractivity contribution in [3.8, 4) is 0 Å². The first kappa shape index (κ1) is 14.6. The van der Waals surface area contributed by atoms with E-state index in [4.69, 9.17) is 10.8 Å². The Bertz CT molecular complexity index is 290. The summed E-state index contributed by atoms with van der Waals surface area (Å²) in [4.78, 5) is 9.48. The van der Waals surface area contributed by atoms with Gasteiger partial charge in [0.2, 0.25) is 5.96 Å². The van der Waals surface area contributed by atoms with Gasteiger partial charge in [0.15, 0.2) is 0 Å². The number of nitrogens with two attached hydrogens (primary N) is 1. The molecule has 2 fully saturated rings. The first-order valence-corrected chi connectivity index (χ1v) is 7.66. The molecule has 1 aliphatic heterocycles. The quantitative estimate of drug-likeness (QED) is 0.341. The van der Waals surface area contributed by atoms with Crippen molar-refractivity contribution in [2.24, 2.45) is 10.8 Å². The van der Waals surface area contributed by atoms with Crippen LogP contribution in [0.1, 0.15) is 44.9 Å². The van der Waals surface area contributed by atoms with Crippen molar-refractivity contribution in [1.29, 1.82) is 0 Å². The Hall–Kier alpha value is -0.810. The molecule has 0 unspecified atom stereocenters. The highest BCUT2D eigenvalue weighted by molar-refractivity contribution is 5.79. The minimum atomic E-state index is 0.466. The van der Waals surface area contributed by atoms with Gasteiger partial charge in [0, 0.05) is 13.1 Å². The lowest BCUT2D eigenvalue weighted by Gasteiger charge is -2.36. The van der Waals surface area contributed by atoms with Crippen molar-refractivity contribution in [1.82, 2.24) is 15.2 Å². The number of piperidine rings is 1. The molecule has 19 heavy (non-hydrogen) atoms. The molecule has 0 amide bonds. The normalized spacial score (nSPS) is 24.5. The van der Waals surface area contributed by atoms with Gasteiger partial charge in [-0.1, -0.05) is 19.3 Å². The first-order valence-electron chi connectivity index (χ1n) is 7.66. The molecule has 1 saturated carbocycles. The summed E-state index contributed by atoms with van der Waals surface area (Å²) in [5.41, 5.74) is 2.82. The van der Waals surface area contributed by atoms with Crippen LogP contribution >= 0.6 is 0 Å². The predicted molar refractivity (Wildman–Crippen MR) is 79.9 cm³/mol.